The molecule has 0 heterocycles. The number of anilines is 1. The molecule has 1 amide bonds. The lowest BCUT2D eigenvalue weighted by Crippen LogP contribution is -2.44. The highest BCUT2D eigenvalue weighted by Gasteiger charge is 2.38. The molecule has 0 saturated carbocycles. The summed E-state index contributed by atoms with van der Waals surface area (Å²) in [6.07, 6.45) is 0.930. The molecular weight excluding hydrogens is 261 g/mol. The van der Waals surface area contributed by atoms with Crippen LogP contribution in [0.2, 0.25) is 0 Å². The average molecular weight is 275 g/mol. The van der Waals surface area contributed by atoms with E-state index in [9.17, 15) is 17.6 Å². The molecule has 100 valence electrons. The van der Waals surface area contributed by atoms with Crippen LogP contribution in [0.5, 0.6) is 5.75 Å². The first-order chi connectivity index (χ1) is 8.05. The second kappa shape index (κ2) is 4.56. The number of aromatic hydroxyl groups is 1. The molecule has 0 atom stereocenters. The van der Waals surface area contributed by atoms with E-state index in [1.165, 1.54) is 19.9 Å². The number of carbonyl (C=O) groups excluding carboxylic acids is 1. The van der Waals surface area contributed by atoms with Crippen molar-refractivity contribution in [2.45, 2.75) is 18.6 Å². The predicted molar refractivity (Wildman–Crippen MR) is 65.6 cm³/mol. The van der Waals surface area contributed by atoms with E-state index in [0.717, 1.165) is 18.4 Å². The zero-order valence-corrected chi connectivity index (χ0v) is 11.0. The third kappa shape index (κ3) is 2.79. The van der Waals surface area contributed by atoms with Gasteiger partial charge in [0, 0.05) is 12.3 Å². The van der Waals surface area contributed by atoms with Crippen molar-refractivity contribution in [2.75, 3.05) is 11.6 Å². The van der Waals surface area contributed by atoms with Crippen LogP contribution in [0, 0.1) is 5.82 Å². The zero-order chi connectivity index (χ0) is 14.1. The Kier molecular flexibility index (Phi) is 3.66. The highest BCUT2D eigenvalue weighted by Crippen LogP contribution is 2.22. The lowest BCUT2D eigenvalue weighted by atomic mass is 10.2. The summed E-state index contributed by atoms with van der Waals surface area (Å²) in [5.41, 5.74) is -0.186. The molecule has 0 aliphatic rings. The summed E-state index contributed by atoms with van der Waals surface area (Å²) in [4.78, 5) is 11.8. The van der Waals surface area contributed by atoms with Gasteiger partial charge in [0.1, 0.15) is 16.3 Å². The van der Waals surface area contributed by atoms with E-state index >= 15 is 0 Å². The van der Waals surface area contributed by atoms with E-state index in [-0.39, 0.29) is 11.4 Å². The van der Waals surface area contributed by atoms with Gasteiger partial charge in [-0.3, -0.25) is 4.79 Å². The Bertz CT molecular complexity index is 581. The fraction of sp³-hybridized carbons (Fsp3) is 0.364. The maximum Gasteiger partial charge on any atom is 0.245 e. The van der Waals surface area contributed by atoms with Crippen LogP contribution in [0.4, 0.5) is 10.1 Å². The minimum absolute atomic E-state index is 0.186. The number of nitrogens with one attached hydrogen (secondary N) is 1. The molecule has 0 aliphatic heterocycles. The summed E-state index contributed by atoms with van der Waals surface area (Å²) in [6, 6.07) is 3.16. The molecule has 1 aromatic carbocycles. The van der Waals surface area contributed by atoms with Gasteiger partial charge in [-0.2, -0.15) is 0 Å². The van der Waals surface area contributed by atoms with Gasteiger partial charge in [0.25, 0.3) is 0 Å². The lowest BCUT2D eigenvalue weighted by Gasteiger charge is -2.21. The third-order valence-corrected chi connectivity index (χ3v) is 4.71. The number of phenolic OH excluding ortho intramolecular Hbond substituents is 1. The second-order valence-electron chi connectivity index (χ2n) is 4.40. The Morgan fingerprint density at radius 1 is 1.39 bits per heavy atom. The van der Waals surface area contributed by atoms with Crippen molar-refractivity contribution in [1.82, 2.24) is 0 Å². The molecule has 7 heteroatoms. The van der Waals surface area contributed by atoms with Crippen LogP contribution in [-0.2, 0) is 14.6 Å². The monoisotopic (exact) mass is 275 g/mol. The summed E-state index contributed by atoms with van der Waals surface area (Å²) in [6.45, 7) is 2.46. The highest BCUT2D eigenvalue weighted by atomic mass is 32.2. The topological polar surface area (TPSA) is 83.5 Å². The molecule has 0 aliphatic carbocycles. The smallest absolute Gasteiger partial charge is 0.245 e. The van der Waals surface area contributed by atoms with Gasteiger partial charge < -0.3 is 10.4 Å². The number of carbonyl (C=O) groups is 1. The molecule has 5 nitrogen and oxygen atoms in total. The minimum atomic E-state index is -3.63. The molecule has 0 radical (unpaired) electrons. The van der Waals surface area contributed by atoms with E-state index in [2.05, 4.69) is 5.32 Å². The molecule has 18 heavy (non-hydrogen) atoms. The first-order valence-corrected chi connectivity index (χ1v) is 6.94. The van der Waals surface area contributed by atoms with E-state index in [0.29, 0.717) is 0 Å². The van der Waals surface area contributed by atoms with Crippen LogP contribution in [0.25, 0.3) is 0 Å². The summed E-state index contributed by atoms with van der Waals surface area (Å²) >= 11 is 0. The average Bonchev–Trinajstić information content (AvgIpc) is 2.20. The van der Waals surface area contributed by atoms with E-state index in [4.69, 9.17) is 5.11 Å². The number of phenols is 1. The molecule has 0 saturated heterocycles. The standard InChI is InChI=1S/C11H14FNO4S/c1-11(2,18(3,16)17)10(15)13-9-5-4-7(14)6-8(9)12/h4-6,14H,1-3H3,(H,13,15). The molecule has 0 fully saturated rings. The number of rotatable bonds is 3. The number of benzene rings is 1. The van der Waals surface area contributed by atoms with Crippen LogP contribution in [-0.4, -0.2) is 30.4 Å². The first kappa shape index (κ1) is 14.4. The Balaban J connectivity index is 3.02. The van der Waals surface area contributed by atoms with Gasteiger partial charge in [0.2, 0.25) is 5.91 Å². The molecular formula is C11H14FNO4S. The van der Waals surface area contributed by atoms with Gasteiger partial charge in [-0.05, 0) is 26.0 Å². The fourth-order valence-electron chi connectivity index (χ4n) is 1.05. The fourth-order valence-corrected chi connectivity index (χ4v) is 1.43. The van der Waals surface area contributed by atoms with E-state index in [1.54, 1.807) is 0 Å². The van der Waals surface area contributed by atoms with Crippen LogP contribution < -0.4 is 5.32 Å². The van der Waals surface area contributed by atoms with Crippen molar-refractivity contribution in [3.8, 4) is 5.75 Å². The maximum atomic E-state index is 13.4. The van der Waals surface area contributed by atoms with Crippen LogP contribution in [0.1, 0.15) is 13.8 Å². The summed E-state index contributed by atoms with van der Waals surface area (Å²) in [5, 5.41) is 11.2. The predicted octanol–water partition coefficient (Wildman–Crippen LogP) is 1.29. The van der Waals surface area contributed by atoms with Gasteiger partial charge in [0.15, 0.2) is 9.84 Å². The molecule has 0 aromatic heterocycles. The van der Waals surface area contributed by atoms with Gasteiger partial charge in [-0.15, -0.1) is 0 Å². The maximum absolute atomic E-state index is 13.4. The normalized spacial score (nSPS) is 12.2. The van der Waals surface area contributed by atoms with Crippen molar-refractivity contribution in [2.24, 2.45) is 0 Å². The highest BCUT2D eigenvalue weighted by molar-refractivity contribution is 7.92. The summed E-state index contributed by atoms with van der Waals surface area (Å²) in [7, 11) is -3.63. The number of hydrogen-bond donors (Lipinski definition) is 2. The SMILES string of the molecule is CC(C)(C(=O)Nc1ccc(O)cc1F)S(C)(=O)=O. The third-order valence-electron chi connectivity index (χ3n) is 2.67. The van der Waals surface area contributed by atoms with Crippen molar-refractivity contribution in [3.05, 3.63) is 24.0 Å². The second-order valence-corrected chi connectivity index (χ2v) is 6.97. The van der Waals surface area contributed by atoms with Crippen LogP contribution in [0.3, 0.4) is 0 Å². The van der Waals surface area contributed by atoms with Crippen molar-refractivity contribution in [3.63, 3.8) is 0 Å². The van der Waals surface area contributed by atoms with Crippen molar-refractivity contribution >= 4 is 21.4 Å². The van der Waals surface area contributed by atoms with Crippen LogP contribution >= 0.6 is 0 Å². The quantitative estimate of drug-likeness (QED) is 0.814. The lowest BCUT2D eigenvalue weighted by molar-refractivity contribution is -0.117. The van der Waals surface area contributed by atoms with Crippen molar-refractivity contribution < 1.29 is 22.7 Å². The van der Waals surface area contributed by atoms with Gasteiger partial charge >= 0.3 is 0 Å². The van der Waals surface area contributed by atoms with Gasteiger partial charge in [0.05, 0.1) is 5.69 Å². The number of sulfone groups is 1. The molecule has 0 spiro atoms. The zero-order valence-electron chi connectivity index (χ0n) is 10.2. The van der Waals surface area contributed by atoms with Gasteiger partial charge in [-0.1, -0.05) is 0 Å². The van der Waals surface area contributed by atoms with E-state index < -0.39 is 26.3 Å². The molecule has 1 aromatic rings. The molecule has 2 N–H and O–H groups in total. The van der Waals surface area contributed by atoms with Crippen molar-refractivity contribution in [1.29, 1.82) is 0 Å². The van der Waals surface area contributed by atoms with E-state index in [1.807, 2.05) is 0 Å². The van der Waals surface area contributed by atoms with Crippen LogP contribution in [0.15, 0.2) is 18.2 Å². The Hall–Kier alpha value is -1.63. The number of hydrogen-bond acceptors (Lipinski definition) is 4. The molecule has 0 bridgehead atoms. The number of halogens is 1. The largest absolute Gasteiger partial charge is 0.508 e. The minimum Gasteiger partial charge on any atom is -0.508 e. The Labute approximate surface area is 105 Å². The summed E-state index contributed by atoms with van der Waals surface area (Å²) in [5.74, 6) is -1.96. The first-order valence-electron chi connectivity index (χ1n) is 5.05. The Morgan fingerprint density at radius 3 is 2.39 bits per heavy atom. The van der Waals surface area contributed by atoms with Gasteiger partial charge in [-0.25, -0.2) is 12.8 Å². The Morgan fingerprint density at radius 2 is 1.94 bits per heavy atom. The number of amides is 1. The summed E-state index contributed by atoms with van der Waals surface area (Å²) < 4.78 is 34.6. The molecule has 1 rings (SSSR count). The molecule has 0 unspecified atom stereocenters.